The minimum absolute atomic E-state index is 0.202. The van der Waals surface area contributed by atoms with Crippen molar-refractivity contribution in [3.05, 3.63) is 65.4 Å². The first kappa shape index (κ1) is 20.3. The topological polar surface area (TPSA) is 60.0 Å². The highest BCUT2D eigenvalue weighted by molar-refractivity contribution is 6.18. The SMILES string of the molecule is COc1ccccc1N1CC[C@@H](NCCOC2=C(c3cccc(C)c3)C(=O)OC2)C1. The molecule has 6 nitrogen and oxygen atoms in total. The summed E-state index contributed by atoms with van der Waals surface area (Å²) >= 11 is 0. The number of hydrogen-bond acceptors (Lipinski definition) is 6. The van der Waals surface area contributed by atoms with Gasteiger partial charge in [0.1, 0.15) is 30.3 Å². The molecule has 6 heteroatoms. The monoisotopic (exact) mass is 408 g/mol. The molecular weight excluding hydrogens is 380 g/mol. The number of para-hydroxylation sites is 2. The molecule has 30 heavy (non-hydrogen) atoms. The van der Waals surface area contributed by atoms with E-state index in [0.717, 1.165) is 42.1 Å². The number of cyclic esters (lactones) is 1. The second-order valence-corrected chi connectivity index (χ2v) is 7.65. The zero-order chi connectivity index (χ0) is 20.9. The molecule has 2 aliphatic rings. The zero-order valence-corrected chi connectivity index (χ0v) is 17.5. The van der Waals surface area contributed by atoms with Crippen molar-refractivity contribution in [2.24, 2.45) is 0 Å². The third-order valence-electron chi connectivity index (χ3n) is 5.55. The van der Waals surface area contributed by atoms with Crippen LogP contribution in [0.5, 0.6) is 5.75 Å². The minimum Gasteiger partial charge on any atom is -0.495 e. The van der Waals surface area contributed by atoms with E-state index in [4.69, 9.17) is 14.2 Å². The number of carbonyl (C=O) groups excluding carboxylic acids is 1. The molecule has 0 radical (unpaired) electrons. The molecule has 2 aliphatic heterocycles. The fourth-order valence-electron chi connectivity index (χ4n) is 4.06. The van der Waals surface area contributed by atoms with Crippen LogP contribution in [-0.4, -0.2) is 52.0 Å². The van der Waals surface area contributed by atoms with E-state index in [1.807, 2.05) is 49.4 Å². The van der Waals surface area contributed by atoms with Gasteiger partial charge >= 0.3 is 5.97 Å². The molecule has 2 aromatic rings. The molecule has 2 heterocycles. The van der Waals surface area contributed by atoms with Gasteiger partial charge in [0.25, 0.3) is 0 Å². The van der Waals surface area contributed by atoms with E-state index in [0.29, 0.717) is 30.5 Å². The van der Waals surface area contributed by atoms with Gasteiger partial charge in [0.05, 0.1) is 12.8 Å². The maximum atomic E-state index is 12.2. The maximum Gasteiger partial charge on any atom is 0.342 e. The summed E-state index contributed by atoms with van der Waals surface area (Å²) in [4.78, 5) is 14.5. The summed E-state index contributed by atoms with van der Waals surface area (Å²) in [5.41, 5.74) is 3.63. The van der Waals surface area contributed by atoms with E-state index in [1.54, 1.807) is 7.11 Å². The highest BCUT2D eigenvalue weighted by atomic mass is 16.6. The highest BCUT2D eigenvalue weighted by Gasteiger charge is 2.28. The van der Waals surface area contributed by atoms with Crippen molar-refractivity contribution in [2.45, 2.75) is 19.4 Å². The van der Waals surface area contributed by atoms with Crippen LogP contribution in [0.1, 0.15) is 17.5 Å². The lowest BCUT2D eigenvalue weighted by atomic mass is 10.0. The number of hydrogen-bond donors (Lipinski definition) is 1. The third-order valence-corrected chi connectivity index (χ3v) is 5.55. The van der Waals surface area contributed by atoms with Crippen molar-refractivity contribution in [3.63, 3.8) is 0 Å². The van der Waals surface area contributed by atoms with E-state index in [-0.39, 0.29) is 12.6 Å². The molecule has 1 atom stereocenters. The van der Waals surface area contributed by atoms with Gasteiger partial charge in [0.2, 0.25) is 0 Å². The normalized spacial score (nSPS) is 18.7. The first-order chi connectivity index (χ1) is 14.7. The molecule has 1 fully saturated rings. The van der Waals surface area contributed by atoms with Crippen molar-refractivity contribution >= 4 is 17.2 Å². The Kier molecular flexibility index (Phi) is 6.23. The Morgan fingerprint density at radius 3 is 2.90 bits per heavy atom. The fourth-order valence-corrected chi connectivity index (χ4v) is 4.06. The largest absolute Gasteiger partial charge is 0.495 e. The van der Waals surface area contributed by atoms with Crippen LogP contribution in [-0.2, 0) is 14.3 Å². The molecule has 0 aromatic heterocycles. The van der Waals surface area contributed by atoms with Gasteiger partial charge in [-0.3, -0.25) is 0 Å². The zero-order valence-electron chi connectivity index (χ0n) is 17.5. The van der Waals surface area contributed by atoms with Gasteiger partial charge in [-0.25, -0.2) is 4.79 Å². The number of rotatable bonds is 8. The van der Waals surface area contributed by atoms with Crippen LogP contribution in [0.25, 0.3) is 5.57 Å². The van der Waals surface area contributed by atoms with Crippen LogP contribution >= 0.6 is 0 Å². The number of methoxy groups -OCH3 is 1. The van der Waals surface area contributed by atoms with Crippen molar-refractivity contribution < 1.29 is 19.0 Å². The Balaban J connectivity index is 1.29. The van der Waals surface area contributed by atoms with E-state index in [1.165, 1.54) is 0 Å². The Hall–Kier alpha value is -2.99. The molecule has 1 saturated heterocycles. The average Bonchev–Trinajstić information content (AvgIpc) is 3.38. The lowest BCUT2D eigenvalue weighted by Gasteiger charge is -2.21. The molecular formula is C24H28N2O4. The number of ether oxygens (including phenoxy) is 3. The summed E-state index contributed by atoms with van der Waals surface area (Å²) in [6, 6.07) is 16.4. The van der Waals surface area contributed by atoms with Crippen molar-refractivity contribution in [3.8, 4) is 5.75 Å². The van der Waals surface area contributed by atoms with Gasteiger partial charge < -0.3 is 24.4 Å². The summed E-state index contributed by atoms with van der Waals surface area (Å²) < 4.78 is 16.6. The first-order valence-corrected chi connectivity index (χ1v) is 10.4. The second-order valence-electron chi connectivity index (χ2n) is 7.65. The Morgan fingerprint density at radius 1 is 1.20 bits per heavy atom. The van der Waals surface area contributed by atoms with Gasteiger partial charge in [-0.05, 0) is 31.0 Å². The van der Waals surface area contributed by atoms with E-state index >= 15 is 0 Å². The molecule has 0 amide bonds. The number of benzene rings is 2. The maximum absolute atomic E-state index is 12.2. The van der Waals surface area contributed by atoms with Crippen LogP contribution in [0.3, 0.4) is 0 Å². The summed E-state index contributed by atoms with van der Waals surface area (Å²) in [7, 11) is 1.71. The quantitative estimate of drug-likeness (QED) is 0.535. The minimum atomic E-state index is -0.313. The molecule has 0 bridgehead atoms. The second kappa shape index (κ2) is 9.22. The number of anilines is 1. The average molecular weight is 408 g/mol. The van der Waals surface area contributed by atoms with Crippen LogP contribution in [0, 0.1) is 6.92 Å². The third kappa shape index (κ3) is 4.44. The van der Waals surface area contributed by atoms with Crippen LogP contribution in [0.2, 0.25) is 0 Å². The molecule has 158 valence electrons. The van der Waals surface area contributed by atoms with Gasteiger partial charge in [-0.1, -0.05) is 42.0 Å². The number of nitrogens with zero attached hydrogens (tertiary/aromatic N) is 1. The predicted molar refractivity (Wildman–Crippen MR) is 117 cm³/mol. The number of esters is 1. The summed E-state index contributed by atoms with van der Waals surface area (Å²) in [5, 5.41) is 3.56. The van der Waals surface area contributed by atoms with E-state index in [2.05, 4.69) is 16.3 Å². The number of carbonyl (C=O) groups is 1. The predicted octanol–water partition coefficient (Wildman–Crippen LogP) is 3.16. The molecule has 2 aromatic carbocycles. The molecule has 0 spiro atoms. The van der Waals surface area contributed by atoms with Crippen LogP contribution < -0.4 is 15.0 Å². The van der Waals surface area contributed by atoms with Gasteiger partial charge in [0, 0.05) is 25.7 Å². The van der Waals surface area contributed by atoms with Gasteiger partial charge in [-0.15, -0.1) is 0 Å². The van der Waals surface area contributed by atoms with Crippen molar-refractivity contribution in [2.75, 3.05) is 44.9 Å². The lowest BCUT2D eigenvalue weighted by Crippen LogP contribution is -2.34. The van der Waals surface area contributed by atoms with Crippen molar-refractivity contribution in [1.29, 1.82) is 0 Å². The fraction of sp³-hybridized carbons (Fsp3) is 0.375. The number of aryl methyl sites for hydroxylation is 1. The summed E-state index contributed by atoms with van der Waals surface area (Å²) in [6.07, 6.45) is 1.07. The number of nitrogens with one attached hydrogen (secondary N) is 1. The smallest absolute Gasteiger partial charge is 0.342 e. The van der Waals surface area contributed by atoms with E-state index < -0.39 is 0 Å². The first-order valence-electron chi connectivity index (χ1n) is 10.4. The summed E-state index contributed by atoms with van der Waals surface area (Å²) in [5.74, 6) is 1.21. The summed E-state index contributed by atoms with van der Waals surface area (Å²) in [6.45, 7) is 5.33. The van der Waals surface area contributed by atoms with Crippen LogP contribution in [0.15, 0.2) is 54.3 Å². The van der Waals surface area contributed by atoms with E-state index in [9.17, 15) is 4.79 Å². The van der Waals surface area contributed by atoms with Gasteiger partial charge in [0.15, 0.2) is 0 Å². The van der Waals surface area contributed by atoms with Crippen molar-refractivity contribution in [1.82, 2.24) is 5.32 Å². The lowest BCUT2D eigenvalue weighted by molar-refractivity contribution is -0.134. The molecule has 0 unspecified atom stereocenters. The van der Waals surface area contributed by atoms with Crippen LogP contribution in [0.4, 0.5) is 5.69 Å². The highest BCUT2D eigenvalue weighted by Crippen LogP contribution is 2.30. The Morgan fingerprint density at radius 2 is 2.07 bits per heavy atom. The Bertz CT molecular complexity index is 940. The Labute approximate surface area is 177 Å². The molecule has 0 saturated carbocycles. The van der Waals surface area contributed by atoms with Gasteiger partial charge in [-0.2, -0.15) is 0 Å². The molecule has 1 N–H and O–H groups in total. The molecule has 0 aliphatic carbocycles. The molecule has 4 rings (SSSR count). The standard InChI is InChI=1S/C24H28N2O4/c1-17-6-5-7-18(14-17)23-22(16-30-24(23)27)29-13-11-25-19-10-12-26(15-19)20-8-3-4-9-21(20)28-2/h3-9,14,19,25H,10-13,15-16H2,1-2H3/t19-/m1/s1.